The number of hydrogen-bond donors (Lipinski definition) is 1. The monoisotopic (exact) mass is 391 g/mol. The van der Waals surface area contributed by atoms with Crippen LogP contribution in [0.2, 0.25) is 0 Å². The number of aryl methyl sites for hydroxylation is 2. The average molecular weight is 391 g/mol. The molecular formula is C23H25N3O3. The van der Waals surface area contributed by atoms with Gasteiger partial charge in [-0.15, -0.1) is 0 Å². The van der Waals surface area contributed by atoms with E-state index in [0.29, 0.717) is 6.54 Å². The number of hydrogen-bond acceptors (Lipinski definition) is 3. The topological polar surface area (TPSA) is 69.7 Å². The van der Waals surface area contributed by atoms with Crippen molar-refractivity contribution in [1.82, 2.24) is 15.1 Å². The van der Waals surface area contributed by atoms with Crippen LogP contribution < -0.4 is 5.32 Å². The van der Waals surface area contributed by atoms with Gasteiger partial charge in [0.05, 0.1) is 0 Å². The van der Waals surface area contributed by atoms with Crippen molar-refractivity contribution in [3.8, 4) is 0 Å². The van der Waals surface area contributed by atoms with E-state index in [1.165, 1.54) is 16.0 Å². The first-order valence-electron chi connectivity index (χ1n) is 9.93. The van der Waals surface area contributed by atoms with E-state index in [9.17, 15) is 14.4 Å². The lowest BCUT2D eigenvalue weighted by Gasteiger charge is -2.24. The molecule has 6 heteroatoms. The van der Waals surface area contributed by atoms with Crippen molar-refractivity contribution in [2.45, 2.75) is 38.3 Å². The van der Waals surface area contributed by atoms with Gasteiger partial charge in [-0.05, 0) is 48.4 Å². The van der Waals surface area contributed by atoms with Gasteiger partial charge in [0.15, 0.2) is 0 Å². The fourth-order valence-corrected chi connectivity index (χ4v) is 4.12. The highest BCUT2D eigenvalue weighted by Gasteiger charge is 2.49. The average Bonchev–Trinajstić information content (AvgIpc) is 3.27. The minimum atomic E-state index is -1.15. The number of urea groups is 1. The van der Waals surface area contributed by atoms with Crippen molar-refractivity contribution >= 4 is 17.8 Å². The number of amides is 4. The van der Waals surface area contributed by atoms with Gasteiger partial charge in [0.25, 0.3) is 5.91 Å². The molecular weight excluding hydrogens is 366 g/mol. The van der Waals surface area contributed by atoms with Crippen LogP contribution >= 0.6 is 0 Å². The van der Waals surface area contributed by atoms with Gasteiger partial charge in [-0.3, -0.25) is 14.5 Å². The summed E-state index contributed by atoms with van der Waals surface area (Å²) in [7, 11) is 1.67. The molecule has 2 aromatic carbocycles. The van der Waals surface area contributed by atoms with E-state index in [2.05, 4.69) is 5.32 Å². The Morgan fingerprint density at radius 1 is 1.10 bits per heavy atom. The number of nitrogens with one attached hydrogen (secondary N) is 1. The van der Waals surface area contributed by atoms with Crippen LogP contribution in [0.3, 0.4) is 0 Å². The predicted molar refractivity (Wildman–Crippen MR) is 109 cm³/mol. The molecule has 6 nitrogen and oxygen atoms in total. The second-order valence-electron chi connectivity index (χ2n) is 8.02. The number of carbonyl (C=O) groups is 3. The second-order valence-corrected chi connectivity index (χ2v) is 8.02. The van der Waals surface area contributed by atoms with Crippen molar-refractivity contribution < 1.29 is 14.4 Å². The predicted octanol–water partition coefficient (Wildman–Crippen LogP) is 2.60. The molecule has 4 rings (SSSR count). The van der Waals surface area contributed by atoms with Crippen LogP contribution in [0.15, 0.2) is 48.5 Å². The lowest BCUT2D eigenvalue weighted by atomic mass is 9.89. The minimum absolute atomic E-state index is 0.269. The molecule has 1 saturated heterocycles. The molecule has 1 aliphatic carbocycles. The summed E-state index contributed by atoms with van der Waals surface area (Å²) in [6.45, 7) is 1.86. The maximum atomic E-state index is 13.1. The SMILES string of the molecule is CN(Cc1ccccc1)C(=O)CN1C(=O)NC(C)(c2ccc3c(c2)CCC3)C1=O. The normalized spacial score (nSPS) is 20.6. The van der Waals surface area contributed by atoms with Gasteiger partial charge in [-0.1, -0.05) is 48.5 Å². The summed E-state index contributed by atoms with van der Waals surface area (Å²) in [6, 6.07) is 15.1. The van der Waals surface area contributed by atoms with Crippen LogP contribution in [0.1, 0.15) is 35.6 Å². The van der Waals surface area contributed by atoms with Gasteiger partial charge in [-0.25, -0.2) is 4.79 Å². The molecule has 1 aliphatic heterocycles. The molecule has 0 bridgehead atoms. The van der Waals surface area contributed by atoms with Crippen molar-refractivity contribution in [3.05, 3.63) is 70.8 Å². The Labute approximate surface area is 170 Å². The van der Waals surface area contributed by atoms with Crippen LogP contribution in [0.4, 0.5) is 4.79 Å². The highest BCUT2D eigenvalue weighted by molar-refractivity contribution is 6.09. The first kappa shape index (κ1) is 19.2. The summed E-state index contributed by atoms with van der Waals surface area (Å²) in [5.41, 5.74) is 3.16. The standard InChI is InChI=1S/C23H25N3O3/c1-23(19-12-11-17-9-6-10-18(17)13-19)21(28)26(22(29)24-23)15-20(27)25(2)14-16-7-4-3-5-8-16/h3-5,7-8,11-13H,6,9-10,14-15H2,1-2H3,(H,24,29). The third kappa shape index (κ3) is 3.50. The number of rotatable bonds is 5. The Morgan fingerprint density at radius 3 is 2.59 bits per heavy atom. The number of fused-ring (bicyclic) bond motifs is 1. The second kappa shape index (κ2) is 7.35. The first-order chi connectivity index (χ1) is 13.9. The van der Waals surface area contributed by atoms with E-state index in [4.69, 9.17) is 0 Å². The van der Waals surface area contributed by atoms with E-state index in [-0.39, 0.29) is 18.4 Å². The van der Waals surface area contributed by atoms with Crippen molar-refractivity contribution in [2.24, 2.45) is 0 Å². The maximum Gasteiger partial charge on any atom is 0.325 e. The quantitative estimate of drug-likeness (QED) is 0.797. The molecule has 29 heavy (non-hydrogen) atoms. The third-order valence-corrected chi connectivity index (χ3v) is 5.93. The molecule has 1 atom stereocenters. The van der Waals surface area contributed by atoms with E-state index in [0.717, 1.165) is 35.3 Å². The van der Waals surface area contributed by atoms with Crippen molar-refractivity contribution in [3.63, 3.8) is 0 Å². The minimum Gasteiger partial charge on any atom is -0.340 e. The highest BCUT2D eigenvalue weighted by Crippen LogP contribution is 2.32. The number of nitrogens with zero attached hydrogens (tertiary/aromatic N) is 2. The third-order valence-electron chi connectivity index (χ3n) is 5.93. The summed E-state index contributed by atoms with van der Waals surface area (Å²) in [5.74, 6) is -0.669. The van der Waals surface area contributed by atoms with Crippen LogP contribution in [0, 0.1) is 0 Å². The van der Waals surface area contributed by atoms with Crippen LogP contribution in [0.25, 0.3) is 0 Å². The number of carbonyl (C=O) groups excluding carboxylic acids is 3. The zero-order valence-electron chi connectivity index (χ0n) is 16.8. The smallest absolute Gasteiger partial charge is 0.325 e. The van der Waals surface area contributed by atoms with Gasteiger partial charge >= 0.3 is 6.03 Å². The molecule has 2 aromatic rings. The Bertz CT molecular complexity index is 973. The fraction of sp³-hybridized carbons (Fsp3) is 0.348. The Hall–Kier alpha value is -3.15. The summed E-state index contributed by atoms with van der Waals surface area (Å²) in [6.07, 6.45) is 3.17. The van der Waals surface area contributed by atoms with Gasteiger partial charge in [0.1, 0.15) is 12.1 Å². The molecule has 1 unspecified atom stereocenters. The first-order valence-corrected chi connectivity index (χ1v) is 9.93. The van der Waals surface area contributed by atoms with Crippen LogP contribution in [0.5, 0.6) is 0 Å². The van der Waals surface area contributed by atoms with Crippen LogP contribution in [-0.2, 0) is 34.5 Å². The van der Waals surface area contributed by atoms with Gasteiger partial charge in [-0.2, -0.15) is 0 Å². The molecule has 0 radical (unpaired) electrons. The molecule has 0 saturated carbocycles. The van der Waals surface area contributed by atoms with Crippen molar-refractivity contribution in [2.75, 3.05) is 13.6 Å². The zero-order chi connectivity index (χ0) is 20.6. The number of likely N-dealkylation sites (N-methyl/N-ethyl adjacent to an activating group) is 1. The van der Waals surface area contributed by atoms with E-state index < -0.39 is 11.6 Å². The molecule has 2 aliphatic rings. The molecule has 1 fully saturated rings. The molecule has 150 valence electrons. The van der Waals surface area contributed by atoms with Gasteiger partial charge < -0.3 is 10.2 Å². The van der Waals surface area contributed by atoms with Gasteiger partial charge in [0.2, 0.25) is 5.91 Å². The largest absolute Gasteiger partial charge is 0.340 e. The summed E-state index contributed by atoms with van der Waals surface area (Å²) in [5, 5.41) is 2.80. The molecule has 1 N–H and O–H groups in total. The lowest BCUT2D eigenvalue weighted by Crippen LogP contribution is -2.43. The molecule has 1 heterocycles. The zero-order valence-corrected chi connectivity index (χ0v) is 16.8. The summed E-state index contributed by atoms with van der Waals surface area (Å²) in [4.78, 5) is 40.9. The molecule has 4 amide bonds. The Morgan fingerprint density at radius 2 is 1.83 bits per heavy atom. The maximum absolute atomic E-state index is 13.1. The Balaban J connectivity index is 1.48. The van der Waals surface area contributed by atoms with E-state index in [1.54, 1.807) is 14.0 Å². The number of imide groups is 1. The Kier molecular flexibility index (Phi) is 4.86. The summed E-state index contributed by atoms with van der Waals surface area (Å²) >= 11 is 0. The fourth-order valence-electron chi connectivity index (χ4n) is 4.12. The number of benzene rings is 2. The van der Waals surface area contributed by atoms with Gasteiger partial charge in [0, 0.05) is 13.6 Å². The molecule has 0 aromatic heterocycles. The summed E-state index contributed by atoms with van der Waals surface area (Å²) < 4.78 is 0. The van der Waals surface area contributed by atoms with Crippen LogP contribution in [-0.4, -0.2) is 41.2 Å². The van der Waals surface area contributed by atoms with E-state index >= 15 is 0 Å². The molecule has 0 spiro atoms. The van der Waals surface area contributed by atoms with Crippen molar-refractivity contribution in [1.29, 1.82) is 0 Å². The lowest BCUT2D eigenvalue weighted by molar-refractivity contribution is -0.138. The van der Waals surface area contributed by atoms with E-state index in [1.807, 2.05) is 48.5 Å². The highest BCUT2D eigenvalue weighted by atomic mass is 16.2.